The molecule has 0 spiro atoms. The molecule has 2 heterocycles. The molecule has 136 valence electrons. The highest BCUT2D eigenvalue weighted by atomic mass is 35.5. The third-order valence-corrected chi connectivity index (χ3v) is 5.40. The molecule has 2 fully saturated rings. The number of nitrogens with one attached hydrogen (secondary N) is 1. The molecule has 2 amide bonds. The van der Waals surface area contributed by atoms with Crippen LogP contribution in [0, 0.1) is 0 Å². The molecule has 6 nitrogen and oxygen atoms in total. The Labute approximate surface area is 157 Å². The van der Waals surface area contributed by atoms with Crippen LogP contribution in [0.5, 0.6) is 0 Å². The highest BCUT2D eigenvalue weighted by molar-refractivity contribution is 6.42. The maximum Gasteiger partial charge on any atom is 0.251 e. The summed E-state index contributed by atoms with van der Waals surface area (Å²) in [5.74, 6) is -0.403. The molecule has 1 unspecified atom stereocenters. The second-order valence-corrected chi connectivity index (χ2v) is 7.06. The van der Waals surface area contributed by atoms with E-state index in [-0.39, 0.29) is 18.4 Å². The van der Waals surface area contributed by atoms with Crippen molar-refractivity contribution in [1.29, 1.82) is 0 Å². The lowest BCUT2D eigenvalue weighted by Gasteiger charge is -2.32. The molecule has 1 aromatic carbocycles. The number of likely N-dealkylation sites (tertiary alicyclic amines) is 1. The van der Waals surface area contributed by atoms with Crippen LogP contribution < -0.4 is 5.32 Å². The molecule has 2 saturated heterocycles. The first-order valence-corrected chi connectivity index (χ1v) is 9.13. The van der Waals surface area contributed by atoms with E-state index in [1.807, 2.05) is 4.90 Å². The first-order chi connectivity index (χ1) is 12.0. The van der Waals surface area contributed by atoms with Crippen LogP contribution in [0.3, 0.4) is 0 Å². The molecule has 1 aromatic rings. The Balaban J connectivity index is 1.47. The number of amides is 2. The SMILES string of the molecule is O=C(NCC(=O)N1CCC(N2CCOCC2)C1)c1ccc(Cl)c(Cl)c1. The third kappa shape index (κ3) is 4.64. The Kier molecular flexibility index (Phi) is 6.17. The van der Waals surface area contributed by atoms with Gasteiger partial charge < -0.3 is 15.0 Å². The van der Waals surface area contributed by atoms with Gasteiger partial charge >= 0.3 is 0 Å². The second kappa shape index (κ2) is 8.36. The molecule has 2 aliphatic heterocycles. The molecule has 0 bridgehead atoms. The Bertz CT molecular complexity index is 650. The fourth-order valence-corrected chi connectivity index (χ4v) is 3.51. The minimum Gasteiger partial charge on any atom is -0.379 e. The molecule has 25 heavy (non-hydrogen) atoms. The lowest BCUT2D eigenvalue weighted by atomic mass is 10.2. The summed E-state index contributed by atoms with van der Waals surface area (Å²) in [6.45, 7) is 4.76. The van der Waals surface area contributed by atoms with Crippen LogP contribution in [0.15, 0.2) is 18.2 Å². The van der Waals surface area contributed by atoms with Gasteiger partial charge in [0.1, 0.15) is 0 Å². The van der Waals surface area contributed by atoms with Crippen molar-refractivity contribution in [3.63, 3.8) is 0 Å². The summed E-state index contributed by atoms with van der Waals surface area (Å²) < 4.78 is 5.37. The number of benzene rings is 1. The normalized spacial score (nSPS) is 21.4. The number of morpholine rings is 1. The number of nitrogens with zero attached hydrogens (tertiary/aromatic N) is 2. The zero-order valence-corrected chi connectivity index (χ0v) is 15.4. The molecule has 8 heteroatoms. The fourth-order valence-electron chi connectivity index (χ4n) is 3.22. The molecular formula is C17H21Cl2N3O3. The number of carbonyl (C=O) groups excluding carboxylic acids is 2. The molecule has 0 saturated carbocycles. The van der Waals surface area contributed by atoms with Gasteiger partial charge in [0, 0.05) is 37.8 Å². The van der Waals surface area contributed by atoms with Crippen LogP contribution in [0.25, 0.3) is 0 Å². The predicted octanol–water partition coefficient (Wildman–Crippen LogP) is 1.66. The average molecular weight is 386 g/mol. The van der Waals surface area contributed by atoms with Crippen LogP contribution >= 0.6 is 23.2 Å². The lowest BCUT2D eigenvalue weighted by molar-refractivity contribution is -0.129. The fraction of sp³-hybridized carbons (Fsp3) is 0.529. The maximum atomic E-state index is 12.4. The summed E-state index contributed by atoms with van der Waals surface area (Å²) in [5.41, 5.74) is 0.384. The summed E-state index contributed by atoms with van der Waals surface area (Å²) in [5, 5.41) is 3.35. The molecule has 3 rings (SSSR count). The van der Waals surface area contributed by atoms with E-state index < -0.39 is 0 Å². The highest BCUT2D eigenvalue weighted by Gasteiger charge is 2.31. The van der Waals surface area contributed by atoms with Crippen LogP contribution in [-0.2, 0) is 9.53 Å². The van der Waals surface area contributed by atoms with Gasteiger partial charge in [-0.3, -0.25) is 14.5 Å². The van der Waals surface area contributed by atoms with Crippen molar-refractivity contribution in [1.82, 2.24) is 15.1 Å². The van der Waals surface area contributed by atoms with Crippen molar-refractivity contribution in [3.05, 3.63) is 33.8 Å². The van der Waals surface area contributed by atoms with Crippen LogP contribution in [0.2, 0.25) is 10.0 Å². The Hall–Kier alpha value is -1.34. The summed E-state index contributed by atoms with van der Waals surface area (Å²) in [7, 11) is 0. The molecule has 0 aliphatic carbocycles. The first kappa shape index (κ1) is 18.5. The molecule has 1 atom stereocenters. The van der Waals surface area contributed by atoms with Crippen molar-refractivity contribution in [3.8, 4) is 0 Å². The molecule has 0 aromatic heterocycles. The minimum atomic E-state index is -0.337. The topological polar surface area (TPSA) is 61.9 Å². The Morgan fingerprint density at radius 2 is 1.92 bits per heavy atom. The number of rotatable bonds is 4. The van der Waals surface area contributed by atoms with Crippen molar-refractivity contribution in [2.24, 2.45) is 0 Å². The van der Waals surface area contributed by atoms with Gasteiger partial charge in [0.2, 0.25) is 5.91 Å². The van der Waals surface area contributed by atoms with E-state index in [0.29, 0.717) is 28.2 Å². The van der Waals surface area contributed by atoms with Crippen molar-refractivity contribution in [2.75, 3.05) is 45.9 Å². The highest BCUT2D eigenvalue weighted by Crippen LogP contribution is 2.22. The molecule has 1 N–H and O–H groups in total. The van der Waals surface area contributed by atoms with E-state index in [1.165, 1.54) is 6.07 Å². The Morgan fingerprint density at radius 1 is 1.16 bits per heavy atom. The van der Waals surface area contributed by atoms with E-state index in [9.17, 15) is 9.59 Å². The monoisotopic (exact) mass is 385 g/mol. The van der Waals surface area contributed by atoms with Crippen molar-refractivity contribution in [2.45, 2.75) is 12.5 Å². The largest absolute Gasteiger partial charge is 0.379 e. The smallest absolute Gasteiger partial charge is 0.251 e. The summed E-state index contributed by atoms with van der Waals surface area (Å²) in [6.07, 6.45) is 0.965. The van der Waals surface area contributed by atoms with Gasteiger partial charge in [0.15, 0.2) is 0 Å². The summed E-state index contributed by atoms with van der Waals surface area (Å²) in [4.78, 5) is 28.7. The lowest BCUT2D eigenvalue weighted by Crippen LogP contribution is -2.46. The summed E-state index contributed by atoms with van der Waals surface area (Å²) in [6, 6.07) is 5.03. The van der Waals surface area contributed by atoms with Crippen molar-refractivity contribution >= 4 is 35.0 Å². The minimum absolute atomic E-state index is 0.0189. The Morgan fingerprint density at radius 3 is 2.64 bits per heavy atom. The molecule has 2 aliphatic rings. The quantitative estimate of drug-likeness (QED) is 0.855. The van der Waals surface area contributed by atoms with Crippen LogP contribution in [0.4, 0.5) is 0 Å². The van der Waals surface area contributed by atoms with Gasteiger partial charge in [-0.1, -0.05) is 23.2 Å². The van der Waals surface area contributed by atoms with Gasteiger partial charge in [-0.25, -0.2) is 0 Å². The average Bonchev–Trinajstić information content (AvgIpc) is 3.12. The predicted molar refractivity (Wildman–Crippen MR) is 96.2 cm³/mol. The second-order valence-electron chi connectivity index (χ2n) is 6.24. The first-order valence-electron chi connectivity index (χ1n) is 8.37. The zero-order chi connectivity index (χ0) is 17.8. The number of carbonyl (C=O) groups is 2. The summed E-state index contributed by atoms with van der Waals surface area (Å²) >= 11 is 11.8. The molecule has 0 radical (unpaired) electrons. The number of hydrogen-bond donors (Lipinski definition) is 1. The van der Waals surface area contributed by atoms with E-state index in [2.05, 4.69) is 10.2 Å². The van der Waals surface area contributed by atoms with Gasteiger partial charge in [-0.15, -0.1) is 0 Å². The standard InChI is InChI=1S/C17H21Cl2N3O3/c18-14-2-1-12(9-15(14)19)17(24)20-10-16(23)22-4-3-13(11-22)21-5-7-25-8-6-21/h1-2,9,13H,3-8,10-11H2,(H,20,24). The zero-order valence-electron chi connectivity index (χ0n) is 13.8. The number of halogens is 2. The van der Waals surface area contributed by atoms with E-state index >= 15 is 0 Å². The number of ether oxygens (including phenoxy) is 1. The third-order valence-electron chi connectivity index (χ3n) is 4.66. The van der Waals surface area contributed by atoms with Gasteiger partial charge in [0.05, 0.1) is 29.8 Å². The van der Waals surface area contributed by atoms with E-state index in [1.54, 1.807) is 12.1 Å². The number of hydrogen-bond acceptors (Lipinski definition) is 4. The van der Waals surface area contributed by atoms with E-state index in [0.717, 1.165) is 39.3 Å². The van der Waals surface area contributed by atoms with Crippen LogP contribution in [-0.4, -0.2) is 73.6 Å². The van der Waals surface area contributed by atoms with Gasteiger partial charge in [0.25, 0.3) is 5.91 Å². The van der Waals surface area contributed by atoms with Crippen LogP contribution in [0.1, 0.15) is 16.8 Å². The van der Waals surface area contributed by atoms with Crippen molar-refractivity contribution < 1.29 is 14.3 Å². The van der Waals surface area contributed by atoms with Gasteiger partial charge in [-0.2, -0.15) is 0 Å². The molecular weight excluding hydrogens is 365 g/mol. The van der Waals surface area contributed by atoms with E-state index in [4.69, 9.17) is 27.9 Å². The van der Waals surface area contributed by atoms with Gasteiger partial charge in [-0.05, 0) is 24.6 Å². The maximum absolute atomic E-state index is 12.4.